The zero-order chi connectivity index (χ0) is 10.3. The number of nitrogens with zero attached hydrogens (tertiary/aromatic N) is 1. The van der Waals surface area contributed by atoms with Gasteiger partial charge in [0.2, 0.25) is 0 Å². The first kappa shape index (κ1) is 9.55. The predicted octanol–water partition coefficient (Wildman–Crippen LogP) is 2.61. The topological polar surface area (TPSA) is 24.9 Å². The Morgan fingerprint density at radius 2 is 2.33 bits per heavy atom. The zero-order valence-electron chi connectivity index (χ0n) is 8.41. The van der Waals surface area contributed by atoms with Crippen molar-refractivity contribution in [1.29, 1.82) is 0 Å². The molecule has 0 amide bonds. The van der Waals surface area contributed by atoms with Gasteiger partial charge in [0.15, 0.2) is 0 Å². The van der Waals surface area contributed by atoms with E-state index in [4.69, 9.17) is 0 Å². The summed E-state index contributed by atoms with van der Waals surface area (Å²) in [6.45, 7) is 1.20. The molecule has 2 nitrogen and oxygen atoms in total. The minimum Gasteiger partial charge on any atom is -0.310 e. The maximum atomic E-state index is 4.27. The molecule has 0 aromatic carbocycles. The fourth-order valence-corrected chi connectivity index (χ4v) is 2.58. The van der Waals surface area contributed by atoms with E-state index in [1.807, 2.05) is 12.3 Å². The van der Waals surface area contributed by atoms with Crippen molar-refractivity contribution in [2.45, 2.75) is 18.9 Å². The minimum absolute atomic E-state index is 0.623. The molecular formula is C12H13BrN2. The van der Waals surface area contributed by atoms with Crippen LogP contribution in [0.2, 0.25) is 0 Å². The third-order valence-corrected chi connectivity index (χ3v) is 3.86. The Labute approximate surface area is 97.9 Å². The Hall–Kier alpha value is -0.670. The summed E-state index contributed by atoms with van der Waals surface area (Å²) in [7, 11) is 0. The molecule has 15 heavy (non-hydrogen) atoms. The normalized spacial score (nSPS) is 29.0. The number of pyridine rings is 1. The predicted molar refractivity (Wildman–Crippen MR) is 64.4 cm³/mol. The molecule has 0 radical (unpaired) electrons. The molecule has 2 aliphatic rings. The molecule has 0 saturated carbocycles. The Bertz CT molecular complexity index is 397. The van der Waals surface area contributed by atoms with Crippen molar-refractivity contribution in [3.05, 3.63) is 34.6 Å². The van der Waals surface area contributed by atoms with Crippen molar-refractivity contribution in [3.8, 4) is 0 Å². The van der Waals surface area contributed by atoms with Crippen LogP contribution in [0.5, 0.6) is 0 Å². The highest BCUT2D eigenvalue weighted by molar-refractivity contribution is 9.10. The molecule has 3 heteroatoms. The van der Waals surface area contributed by atoms with Gasteiger partial charge in [0.25, 0.3) is 0 Å². The smallest absolute Gasteiger partial charge is 0.106 e. The van der Waals surface area contributed by atoms with E-state index in [0.717, 1.165) is 10.5 Å². The monoisotopic (exact) mass is 264 g/mol. The van der Waals surface area contributed by atoms with Gasteiger partial charge in [-0.15, -0.1) is 0 Å². The molecular weight excluding hydrogens is 252 g/mol. The van der Waals surface area contributed by atoms with E-state index in [1.54, 1.807) is 0 Å². The summed E-state index contributed by atoms with van der Waals surface area (Å²) in [6.07, 6.45) is 6.85. The fraction of sp³-hybridized carbons (Fsp3) is 0.417. The first-order valence-corrected chi connectivity index (χ1v) is 6.18. The SMILES string of the molecule is Brc1ccc(C2=C[C@@H]3NC[C@@H]3CC2)cn1. The molecule has 78 valence electrons. The highest BCUT2D eigenvalue weighted by Gasteiger charge is 2.31. The van der Waals surface area contributed by atoms with Crippen LogP contribution in [0.3, 0.4) is 0 Å². The molecule has 0 bridgehead atoms. The van der Waals surface area contributed by atoms with Gasteiger partial charge in [0, 0.05) is 18.8 Å². The third-order valence-electron chi connectivity index (χ3n) is 3.39. The Balaban J connectivity index is 1.87. The van der Waals surface area contributed by atoms with Crippen molar-refractivity contribution in [3.63, 3.8) is 0 Å². The van der Waals surface area contributed by atoms with Crippen molar-refractivity contribution < 1.29 is 0 Å². The number of hydrogen-bond donors (Lipinski definition) is 1. The zero-order valence-corrected chi connectivity index (χ0v) is 10.00. The molecule has 2 atom stereocenters. The van der Waals surface area contributed by atoms with Crippen LogP contribution in [0, 0.1) is 5.92 Å². The maximum Gasteiger partial charge on any atom is 0.106 e. The summed E-state index contributed by atoms with van der Waals surface area (Å²) >= 11 is 3.36. The Kier molecular flexibility index (Phi) is 2.37. The van der Waals surface area contributed by atoms with Crippen LogP contribution >= 0.6 is 15.9 Å². The van der Waals surface area contributed by atoms with Gasteiger partial charge in [-0.3, -0.25) is 0 Å². The lowest BCUT2D eigenvalue weighted by molar-refractivity contribution is 0.256. The van der Waals surface area contributed by atoms with E-state index < -0.39 is 0 Å². The number of hydrogen-bond acceptors (Lipinski definition) is 2. The molecule has 1 aliphatic carbocycles. The largest absolute Gasteiger partial charge is 0.310 e. The van der Waals surface area contributed by atoms with E-state index in [-0.39, 0.29) is 0 Å². The van der Waals surface area contributed by atoms with Gasteiger partial charge in [-0.25, -0.2) is 4.98 Å². The number of nitrogens with one attached hydrogen (secondary N) is 1. The van der Waals surface area contributed by atoms with Crippen molar-refractivity contribution in [2.24, 2.45) is 5.92 Å². The highest BCUT2D eigenvalue weighted by atomic mass is 79.9. The van der Waals surface area contributed by atoms with Gasteiger partial charge >= 0.3 is 0 Å². The van der Waals surface area contributed by atoms with Crippen LogP contribution in [-0.4, -0.2) is 17.6 Å². The lowest BCUT2D eigenvalue weighted by atomic mass is 9.79. The number of fused-ring (bicyclic) bond motifs is 1. The highest BCUT2D eigenvalue weighted by Crippen LogP contribution is 2.33. The molecule has 0 spiro atoms. The molecule has 1 N–H and O–H groups in total. The quantitative estimate of drug-likeness (QED) is 0.789. The van der Waals surface area contributed by atoms with Crippen LogP contribution in [-0.2, 0) is 0 Å². The molecule has 1 aliphatic heterocycles. The summed E-state index contributed by atoms with van der Waals surface area (Å²) in [5, 5.41) is 3.45. The lowest BCUT2D eigenvalue weighted by Gasteiger charge is -2.40. The molecule has 0 unspecified atom stereocenters. The van der Waals surface area contributed by atoms with E-state index in [2.05, 4.69) is 38.4 Å². The first-order chi connectivity index (χ1) is 7.33. The van der Waals surface area contributed by atoms with E-state index in [1.165, 1.54) is 30.5 Å². The molecule has 3 rings (SSSR count). The van der Waals surface area contributed by atoms with E-state index >= 15 is 0 Å². The molecule has 2 heterocycles. The molecule has 1 saturated heterocycles. The Morgan fingerprint density at radius 1 is 1.40 bits per heavy atom. The summed E-state index contributed by atoms with van der Waals surface area (Å²) in [4.78, 5) is 4.27. The van der Waals surface area contributed by atoms with Crippen LogP contribution in [0.1, 0.15) is 18.4 Å². The second-order valence-electron chi connectivity index (χ2n) is 4.29. The van der Waals surface area contributed by atoms with Gasteiger partial charge in [0.05, 0.1) is 0 Å². The summed E-state index contributed by atoms with van der Waals surface area (Å²) in [5.41, 5.74) is 2.72. The van der Waals surface area contributed by atoms with Crippen LogP contribution in [0.25, 0.3) is 5.57 Å². The van der Waals surface area contributed by atoms with Crippen molar-refractivity contribution in [1.82, 2.24) is 10.3 Å². The van der Waals surface area contributed by atoms with Crippen molar-refractivity contribution >= 4 is 21.5 Å². The molecule has 1 aromatic heterocycles. The average molecular weight is 265 g/mol. The Morgan fingerprint density at radius 3 is 2.93 bits per heavy atom. The minimum atomic E-state index is 0.623. The van der Waals surface area contributed by atoms with Gasteiger partial charge in [-0.05, 0) is 51.9 Å². The lowest BCUT2D eigenvalue weighted by Crippen LogP contribution is -2.52. The number of halogens is 1. The molecule has 1 fully saturated rings. The fourth-order valence-electron chi connectivity index (χ4n) is 2.34. The maximum absolute atomic E-state index is 4.27. The van der Waals surface area contributed by atoms with Gasteiger partial charge in [-0.2, -0.15) is 0 Å². The second-order valence-corrected chi connectivity index (χ2v) is 5.11. The van der Waals surface area contributed by atoms with Crippen LogP contribution in [0.4, 0.5) is 0 Å². The summed E-state index contributed by atoms with van der Waals surface area (Å²) in [5.74, 6) is 0.886. The van der Waals surface area contributed by atoms with Crippen LogP contribution in [0.15, 0.2) is 29.0 Å². The third kappa shape index (κ3) is 1.74. The summed E-state index contributed by atoms with van der Waals surface area (Å²) in [6, 6.07) is 4.77. The molecule has 1 aromatic rings. The number of aromatic nitrogens is 1. The summed E-state index contributed by atoms with van der Waals surface area (Å²) < 4.78 is 0.905. The second kappa shape index (κ2) is 3.72. The average Bonchev–Trinajstić information content (AvgIpc) is 2.22. The van der Waals surface area contributed by atoms with Gasteiger partial charge in [-0.1, -0.05) is 12.1 Å². The van der Waals surface area contributed by atoms with E-state index in [0.29, 0.717) is 6.04 Å². The standard InChI is InChI=1S/C12H13BrN2/c13-12-4-3-9(6-15-12)8-1-2-10-7-14-11(10)5-8/h3-6,10-11,14H,1-2,7H2/t10-,11-/m0/s1. The van der Waals surface area contributed by atoms with Crippen molar-refractivity contribution in [2.75, 3.05) is 6.54 Å². The van der Waals surface area contributed by atoms with Gasteiger partial charge in [0.1, 0.15) is 4.60 Å². The first-order valence-electron chi connectivity index (χ1n) is 5.39. The number of rotatable bonds is 1. The van der Waals surface area contributed by atoms with E-state index in [9.17, 15) is 0 Å². The number of allylic oxidation sites excluding steroid dienone is 1. The van der Waals surface area contributed by atoms with Gasteiger partial charge < -0.3 is 5.32 Å². The van der Waals surface area contributed by atoms with Crippen LogP contribution < -0.4 is 5.32 Å².